The first-order chi connectivity index (χ1) is 9.20. The Kier molecular flexibility index (Phi) is 5.70. The highest BCUT2D eigenvalue weighted by molar-refractivity contribution is 9.09. The Morgan fingerprint density at radius 3 is 3.11 bits per heavy atom. The fraction of sp³-hybridized carbons (Fsp3) is 0.500. The highest BCUT2D eigenvalue weighted by Gasteiger charge is 2.22. The van der Waals surface area contributed by atoms with E-state index < -0.39 is 0 Å². The van der Waals surface area contributed by atoms with E-state index in [1.807, 2.05) is 0 Å². The third kappa shape index (κ3) is 4.21. The Bertz CT molecular complexity index is 455. The molecule has 104 valence electrons. The maximum atomic E-state index is 13.3. The molecule has 1 atom stereocenters. The molecule has 0 aromatic heterocycles. The lowest BCUT2D eigenvalue weighted by Crippen LogP contribution is -2.30. The van der Waals surface area contributed by atoms with Crippen molar-refractivity contribution in [3.63, 3.8) is 0 Å². The van der Waals surface area contributed by atoms with Crippen molar-refractivity contribution in [1.82, 2.24) is 5.32 Å². The minimum atomic E-state index is -0.236. The first-order valence-corrected chi connectivity index (χ1v) is 8.59. The summed E-state index contributed by atoms with van der Waals surface area (Å²) < 4.78 is 13.3. The lowest BCUT2D eigenvalue weighted by atomic mass is 10.0. The van der Waals surface area contributed by atoms with Gasteiger partial charge in [-0.15, -0.1) is 11.8 Å². The van der Waals surface area contributed by atoms with Gasteiger partial charge in [0, 0.05) is 22.4 Å². The van der Waals surface area contributed by atoms with Crippen LogP contribution in [0.4, 0.5) is 4.39 Å². The maximum absolute atomic E-state index is 13.3. The van der Waals surface area contributed by atoms with Crippen molar-refractivity contribution in [3.05, 3.63) is 29.6 Å². The Balaban J connectivity index is 1.99. The van der Waals surface area contributed by atoms with Crippen molar-refractivity contribution < 1.29 is 9.18 Å². The van der Waals surface area contributed by atoms with Crippen LogP contribution >= 0.6 is 27.7 Å². The average Bonchev–Trinajstić information content (AvgIpc) is 2.40. The van der Waals surface area contributed by atoms with Gasteiger partial charge in [-0.3, -0.25) is 4.79 Å². The van der Waals surface area contributed by atoms with Gasteiger partial charge >= 0.3 is 0 Å². The zero-order valence-corrected chi connectivity index (χ0v) is 13.0. The SMILES string of the molecule is O=C(CCCCBr)NC1CCSc2ccc(F)cc21. The summed E-state index contributed by atoms with van der Waals surface area (Å²) in [7, 11) is 0. The summed E-state index contributed by atoms with van der Waals surface area (Å²) in [6.07, 6.45) is 3.29. The normalized spacial score (nSPS) is 17.9. The molecule has 0 fully saturated rings. The predicted molar refractivity (Wildman–Crippen MR) is 80.3 cm³/mol. The number of alkyl halides is 1. The van der Waals surface area contributed by atoms with Crippen molar-refractivity contribution >= 4 is 33.6 Å². The van der Waals surface area contributed by atoms with Gasteiger partial charge in [-0.05, 0) is 43.0 Å². The van der Waals surface area contributed by atoms with Gasteiger partial charge in [0.25, 0.3) is 0 Å². The van der Waals surface area contributed by atoms with Crippen LogP contribution in [0.25, 0.3) is 0 Å². The van der Waals surface area contributed by atoms with Gasteiger partial charge in [-0.25, -0.2) is 4.39 Å². The number of hydrogen-bond acceptors (Lipinski definition) is 2. The molecule has 1 unspecified atom stereocenters. The lowest BCUT2D eigenvalue weighted by molar-refractivity contribution is -0.122. The molecule has 19 heavy (non-hydrogen) atoms. The van der Waals surface area contributed by atoms with Gasteiger partial charge in [-0.2, -0.15) is 0 Å². The lowest BCUT2D eigenvalue weighted by Gasteiger charge is -2.26. The average molecular weight is 346 g/mol. The second kappa shape index (κ2) is 7.29. The van der Waals surface area contributed by atoms with Gasteiger partial charge < -0.3 is 5.32 Å². The maximum Gasteiger partial charge on any atom is 0.220 e. The molecule has 1 aliphatic rings. The molecule has 0 aliphatic carbocycles. The van der Waals surface area contributed by atoms with Crippen LogP contribution in [0.1, 0.15) is 37.3 Å². The van der Waals surface area contributed by atoms with Crippen LogP contribution in [0.15, 0.2) is 23.1 Å². The van der Waals surface area contributed by atoms with Crippen molar-refractivity contribution in [2.75, 3.05) is 11.1 Å². The molecule has 1 aliphatic heterocycles. The standard InChI is InChI=1S/C14H17BrFNOS/c15-7-2-1-3-14(18)17-12-6-8-19-13-5-4-10(16)9-11(12)13/h4-5,9,12H,1-3,6-8H2,(H,17,18). The Morgan fingerprint density at radius 1 is 1.47 bits per heavy atom. The summed E-state index contributed by atoms with van der Waals surface area (Å²) in [5.41, 5.74) is 0.921. The summed E-state index contributed by atoms with van der Waals surface area (Å²) in [4.78, 5) is 12.9. The van der Waals surface area contributed by atoms with Crippen molar-refractivity contribution in [2.45, 2.75) is 36.6 Å². The summed E-state index contributed by atoms with van der Waals surface area (Å²) in [5, 5.41) is 3.95. The summed E-state index contributed by atoms with van der Waals surface area (Å²) in [6.45, 7) is 0. The van der Waals surface area contributed by atoms with Crippen LogP contribution in [0.3, 0.4) is 0 Å². The Hall–Kier alpha value is -0.550. The fourth-order valence-electron chi connectivity index (χ4n) is 2.16. The smallest absolute Gasteiger partial charge is 0.220 e. The molecule has 1 aromatic carbocycles. The molecule has 1 heterocycles. The molecule has 2 nitrogen and oxygen atoms in total. The molecule has 1 aromatic rings. The summed E-state index contributed by atoms with van der Waals surface area (Å²) >= 11 is 5.08. The van der Waals surface area contributed by atoms with Gasteiger partial charge in [0.05, 0.1) is 6.04 Å². The van der Waals surface area contributed by atoms with E-state index in [2.05, 4.69) is 21.2 Å². The number of amides is 1. The van der Waals surface area contributed by atoms with Crippen LogP contribution in [0.5, 0.6) is 0 Å². The number of unbranched alkanes of at least 4 members (excludes halogenated alkanes) is 1. The van der Waals surface area contributed by atoms with Crippen LogP contribution in [-0.2, 0) is 4.79 Å². The van der Waals surface area contributed by atoms with E-state index in [0.717, 1.165) is 40.8 Å². The van der Waals surface area contributed by atoms with E-state index >= 15 is 0 Å². The van der Waals surface area contributed by atoms with E-state index in [4.69, 9.17) is 0 Å². The molecule has 0 spiro atoms. The zero-order valence-electron chi connectivity index (χ0n) is 10.6. The van der Waals surface area contributed by atoms with Crippen LogP contribution in [0, 0.1) is 5.82 Å². The first kappa shape index (κ1) is 14.9. The molecule has 2 rings (SSSR count). The molecule has 5 heteroatoms. The van der Waals surface area contributed by atoms with Crippen LogP contribution in [0.2, 0.25) is 0 Å². The number of thioether (sulfide) groups is 1. The quantitative estimate of drug-likeness (QED) is 0.644. The number of carbonyl (C=O) groups is 1. The number of nitrogens with one attached hydrogen (secondary N) is 1. The van der Waals surface area contributed by atoms with Gasteiger partial charge in [-0.1, -0.05) is 15.9 Å². The molecule has 0 bridgehead atoms. The molecule has 1 N–H and O–H groups in total. The molecule has 0 saturated carbocycles. The van der Waals surface area contributed by atoms with Crippen molar-refractivity contribution in [1.29, 1.82) is 0 Å². The minimum Gasteiger partial charge on any atom is -0.349 e. The van der Waals surface area contributed by atoms with Crippen LogP contribution in [-0.4, -0.2) is 17.0 Å². The molecule has 1 amide bonds. The fourth-order valence-corrected chi connectivity index (χ4v) is 3.66. The number of halogens is 2. The number of benzene rings is 1. The van der Waals surface area contributed by atoms with E-state index in [1.54, 1.807) is 23.9 Å². The number of carbonyl (C=O) groups excluding carboxylic acids is 1. The Labute approximate surface area is 125 Å². The topological polar surface area (TPSA) is 29.1 Å². The number of hydrogen-bond donors (Lipinski definition) is 1. The van der Waals surface area contributed by atoms with Crippen molar-refractivity contribution in [3.8, 4) is 0 Å². The largest absolute Gasteiger partial charge is 0.349 e. The minimum absolute atomic E-state index is 0.0385. The molecule has 0 radical (unpaired) electrons. The number of fused-ring (bicyclic) bond motifs is 1. The van der Waals surface area contributed by atoms with Gasteiger partial charge in [0.2, 0.25) is 5.91 Å². The predicted octanol–water partition coefficient (Wildman–Crippen LogP) is 4.04. The van der Waals surface area contributed by atoms with E-state index in [1.165, 1.54) is 6.07 Å². The second-order valence-electron chi connectivity index (χ2n) is 4.59. The molecular formula is C14H17BrFNOS. The van der Waals surface area contributed by atoms with E-state index in [0.29, 0.717) is 6.42 Å². The molecule has 0 saturated heterocycles. The van der Waals surface area contributed by atoms with Gasteiger partial charge in [0.1, 0.15) is 5.82 Å². The highest BCUT2D eigenvalue weighted by Crippen LogP contribution is 2.36. The third-order valence-electron chi connectivity index (χ3n) is 3.13. The van der Waals surface area contributed by atoms with E-state index in [9.17, 15) is 9.18 Å². The first-order valence-electron chi connectivity index (χ1n) is 6.48. The van der Waals surface area contributed by atoms with Crippen molar-refractivity contribution in [2.24, 2.45) is 0 Å². The van der Waals surface area contributed by atoms with Gasteiger partial charge in [0.15, 0.2) is 0 Å². The number of rotatable bonds is 5. The second-order valence-corrected chi connectivity index (χ2v) is 6.52. The highest BCUT2D eigenvalue weighted by atomic mass is 79.9. The summed E-state index contributed by atoms with van der Waals surface area (Å²) in [6, 6.07) is 4.79. The van der Waals surface area contributed by atoms with E-state index in [-0.39, 0.29) is 17.8 Å². The summed E-state index contributed by atoms with van der Waals surface area (Å²) in [5.74, 6) is 0.790. The Morgan fingerprint density at radius 2 is 2.32 bits per heavy atom. The third-order valence-corrected chi connectivity index (χ3v) is 4.82. The monoisotopic (exact) mass is 345 g/mol. The molecular weight excluding hydrogens is 329 g/mol. The van der Waals surface area contributed by atoms with Crippen LogP contribution < -0.4 is 5.32 Å². The zero-order chi connectivity index (χ0) is 13.7.